The monoisotopic (exact) mass is 416 g/mol. The molecule has 0 unspecified atom stereocenters. The Morgan fingerprint density at radius 3 is 2.57 bits per heavy atom. The molecule has 0 aromatic heterocycles. The highest BCUT2D eigenvalue weighted by atomic mass is 16.6. The molecule has 0 radical (unpaired) electrons. The number of guanidine groups is 1. The molecular formula is C23H36N4O3. The summed E-state index contributed by atoms with van der Waals surface area (Å²) < 4.78 is 6.33. The second-order valence-electron chi connectivity index (χ2n) is 10.6. The Morgan fingerprint density at radius 2 is 1.87 bits per heavy atom. The van der Waals surface area contributed by atoms with Gasteiger partial charge in [0.05, 0.1) is 0 Å². The fraction of sp³-hybridized carbons (Fsp3) is 0.826. The van der Waals surface area contributed by atoms with Gasteiger partial charge in [-0.2, -0.15) is 5.10 Å². The van der Waals surface area contributed by atoms with Crippen molar-refractivity contribution in [3.63, 3.8) is 0 Å². The average Bonchev–Trinajstić information content (AvgIpc) is 2.94. The maximum atomic E-state index is 12.3. The third-order valence-corrected chi connectivity index (χ3v) is 9.44. The van der Waals surface area contributed by atoms with Gasteiger partial charge in [-0.15, -0.1) is 5.10 Å². The van der Waals surface area contributed by atoms with Crippen molar-refractivity contribution in [1.29, 1.82) is 0 Å². The highest BCUT2D eigenvalue weighted by Crippen LogP contribution is 2.69. The molecule has 0 spiro atoms. The SMILES string of the molecule is CC(=O)O[C@]12CC[C@H](/C=N/N=C(N)N)[C@@]1(C)CC[C@H]1[C@H]2CC[C@@H]2CC(=O)CC[C@@]21C. The second-order valence-corrected chi connectivity index (χ2v) is 10.6. The highest BCUT2D eigenvalue weighted by molar-refractivity contribution is 5.79. The lowest BCUT2D eigenvalue weighted by molar-refractivity contribution is -0.223. The first-order valence-electron chi connectivity index (χ1n) is 11.5. The van der Waals surface area contributed by atoms with E-state index in [2.05, 4.69) is 24.1 Å². The summed E-state index contributed by atoms with van der Waals surface area (Å²) in [4.78, 5) is 24.5. The van der Waals surface area contributed by atoms with Crippen LogP contribution < -0.4 is 11.5 Å². The van der Waals surface area contributed by atoms with Crippen molar-refractivity contribution in [2.24, 2.45) is 56.2 Å². The van der Waals surface area contributed by atoms with Crippen LogP contribution in [0.25, 0.3) is 0 Å². The van der Waals surface area contributed by atoms with Gasteiger partial charge < -0.3 is 16.2 Å². The van der Waals surface area contributed by atoms with E-state index in [1.165, 1.54) is 6.92 Å². The number of carbonyl (C=O) groups excluding carboxylic acids is 2. The summed E-state index contributed by atoms with van der Waals surface area (Å²) in [7, 11) is 0. The van der Waals surface area contributed by atoms with E-state index in [-0.39, 0.29) is 28.7 Å². The van der Waals surface area contributed by atoms with Crippen LogP contribution in [0.5, 0.6) is 0 Å². The first kappa shape index (κ1) is 21.3. The van der Waals surface area contributed by atoms with Crippen LogP contribution in [-0.2, 0) is 14.3 Å². The number of ketones is 1. The lowest BCUT2D eigenvalue weighted by atomic mass is 9.43. The molecule has 0 heterocycles. The molecule has 0 amide bonds. The molecule has 0 saturated heterocycles. The Morgan fingerprint density at radius 1 is 1.10 bits per heavy atom. The number of nitrogens with zero attached hydrogens (tertiary/aromatic N) is 2. The van der Waals surface area contributed by atoms with Gasteiger partial charge in [0.1, 0.15) is 11.4 Å². The van der Waals surface area contributed by atoms with Gasteiger partial charge in [0, 0.05) is 43.2 Å². The van der Waals surface area contributed by atoms with Crippen LogP contribution in [0.3, 0.4) is 0 Å². The fourth-order valence-electron chi connectivity index (χ4n) is 7.94. The quantitative estimate of drug-likeness (QED) is 0.317. The van der Waals surface area contributed by atoms with E-state index < -0.39 is 5.60 Å². The number of fused-ring (bicyclic) bond motifs is 5. The highest BCUT2D eigenvalue weighted by Gasteiger charge is 2.69. The lowest BCUT2D eigenvalue weighted by Gasteiger charge is -2.63. The molecule has 4 aliphatic carbocycles. The topological polar surface area (TPSA) is 120 Å². The lowest BCUT2D eigenvalue weighted by Crippen LogP contribution is -2.63. The molecular weight excluding hydrogens is 380 g/mol. The third kappa shape index (κ3) is 3.07. The number of nitrogens with two attached hydrogens (primary N) is 2. The fourth-order valence-corrected chi connectivity index (χ4v) is 7.94. The van der Waals surface area contributed by atoms with Crippen LogP contribution in [0.2, 0.25) is 0 Å². The van der Waals surface area contributed by atoms with Crippen LogP contribution in [0, 0.1) is 34.5 Å². The Kier molecular flexibility index (Phi) is 5.22. The first-order valence-corrected chi connectivity index (χ1v) is 11.5. The van der Waals surface area contributed by atoms with Gasteiger partial charge >= 0.3 is 5.97 Å². The van der Waals surface area contributed by atoms with Crippen molar-refractivity contribution < 1.29 is 14.3 Å². The van der Waals surface area contributed by atoms with E-state index in [1.807, 2.05) is 6.21 Å². The van der Waals surface area contributed by atoms with Crippen LogP contribution in [0.1, 0.15) is 78.6 Å². The van der Waals surface area contributed by atoms with Crippen molar-refractivity contribution in [3.8, 4) is 0 Å². The van der Waals surface area contributed by atoms with Gasteiger partial charge in [0.2, 0.25) is 5.96 Å². The van der Waals surface area contributed by atoms with Crippen LogP contribution in [-0.4, -0.2) is 29.5 Å². The zero-order valence-corrected chi connectivity index (χ0v) is 18.5. The van der Waals surface area contributed by atoms with Gasteiger partial charge in [-0.1, -0.05) is 13.8 Å². The predicted octanol–water partition coefficient (Wildman–Crippen LogP) is 3.16. The van der Waals surface area contributed by atoms with Gasteiger partial charge in [-0.3, -0.25) is 9.59 Å². The molecule has 4 saturated carbocycles. The summed E-state index contributed by atoms with van der Waals surface area (Å²) in [5.74, 6) is 1.63. The van der Waals surface area contributed by atoms with E-state index in [9.17, 15) is 9.59 Å². The van der Waals surface area contributed by atoms with Crippen molar-refractivity contribution in [2.45, 2.75) is 84.2 Å². The number of Topliss-reactive ketones (excluding diaryl/α,β-unsaturated/α-hetero) is 1. The largest absolute Gasteiger partial charge is 0.458 e. The maximum absolute atomic E-state index is 12.3. The van der Waals surface area contributed by atoms with E-state index in [0.29, 0.717) is 30.0 Å². The molecule has 0 bridgehead atoms. The minimum absolute atomic E-state index is 0.0533. The van der Waals surface area contributed by atoms with Gasteiger partial charge in [0.15, 0.2) is 0 Å². The molecule has 30 heavy (non-hydrogen) atoms. The molecule has 0 aromatic carbocycles. The van der Waals surface area contributed by atoms with Crippen LogP contribution >= 0.6 is 0 Å². The Bertz CT molecular complexity index is 791. The smallest absolute Gasteiger partial charge is 0.303 e. The molecule has 7 nitrogen and oxygen atoms in total. The summed E-state index contributed by atoms with van der Waals surface area (Å²) in [6.45, 7) is 6.20. The first-order chi connectivity index (χ1) is 14.1. The molecule has 4 aliphatic rings. The normalized spacial score (nSPS) is 45.4. The van der Waals surface area contributed by atoms with Crippen molar-refractivity contribution >= 4 is 23.9 Å². The van der Waals surface area contributed by atoms with E-state index in [4.69, 9.17) is 16.2 Å². The Hall–Kier alpha value is -1.92. The molecule has 0 aromatic rings. The minimum Gasteiger partial charge on any atom is -0.458 e. The zero-order chi connectivity index (χ0) is 21.7. The molecule has 7 heteroatoms. The molecule has 4 fully saturated rings. The number of rotatable bonds is 3. The van der Waals surface area contributed by atoms with Crippen molar-refractivity contribution in [2.75, 3.05) is 0 Å². The summed E-state index contributed by atoms with van der Waals surface area (Å²) in [6, 6.07) is 0. The molecule has 4 rings (SSSR count). The predicted molar refractivity (Wildman–Crippen MR) is 116 cm³/mol. The summed E-state index contributed by atoms with van der Waals surface area (Å²) in [6.07, 6.45) is 10.2. The van der Waals surface area contributed by atoms with Crippen molar-refractivity contribution in [3.05, 3.63) is 0 Å². The van der Waals surface area contributed by atoms with Gasteiger partial charge in [-0.05, 0) is 62.2 Å². The average molecular weight is 417 g/mol. The molecule has 7 atom stereocenters. The van der Waals surface area contributed by atoms with Crippen LogP contribution in [0.15, 0.2) is 10.2 Å². The summed E-state index contributed by atoms with van der Waals surface area (Å²) in [5.41, 5.74) is 10.4. The number of ether oxygens (including phenoxy) is 1. The standard InChI is InChI=1S/C23H36N4O3/c1-14(28)30-23-11-6-16(13-26-27-20(24)25)22(23,3)10-8-18-19(23)5-4-15-12-17(29)7-9-21(15,18)2/h13,15-16,18-19H,4-12H2,1-3H3,(H4,24,25,27)/b26-13+/t15-,16-,18+,19-,21+,22-,23+/m1/s1. The molecule has 0 aliphatic heterocycles. The number of carbonyl (C=O) groups is 2. The summed E-state index contributed by atoms with van der Waals surface area (Å²) >= 11 is 0. The van der Waals surface area contributed by atoms with Crippen molar-refractivity contribution in [1.82, 2.24) is 0 Å². The van der Waals surface area contributed by atoms with E-state index in [1.54, 1.807) is 0 Å². The van der Waals surface area contributed by atoms with Crippen LogP contribution in [0.4, 0.5) is 0 Å². The van der Waals surface area contributed by atoms with Gasteiger partial charge in [0.25, 0.3) is 0 Å². The number of hydrogen-bond donors (Lipinski definition) is 2. The third-order valence-electron chi connectivity index (χ3n) is 9.44. The number of esters is 1. The Labute approximate surface area is 179 Å². The zero-order valence-electron chi connectivity index (χ0n) is 18.5. The van der Waals surface area contributed by atoms with E-state index in [0.717, 1.165) is 51.4 Å². The second kappa shape index (κ2) is 7.34. The maximum Gasteiger partial charge on any atom is 0.303 e. The molecule has 4 N–H and O–H groups in total. The summed E-state index contributed by atoms with van der Waals surface area (Å²) in [5, 5.41) is 7.92. The minimum atomic E-state index is -0.480. The molecule has 166 valence electrons. The number of hydrogen-bond acceptors (Lipinski definition) is 5. The van der Waals surface area contributed by atoms with Gasteiger partial charge in [-0.25, -0.2) is 0 Å². The van der Waals surface area contributed by atoms with E-state index >= 15 is 0 Å². The Balaban J connectivity index is 1.70.